The molecule has 8 heteroatoms. The van der Waals surface area contributed by atoms with Gasteiger partial charge in [-0.15, -0.1) is 0 Å². The molecule has 6 nitrogen and oxygen atoms in total. The maximum absolute atomic E-state index is 13.3. The van der Waals surface area contributed by atoms with Crippen LogP contribution in [0.3, 0.4) is 0 Å². The van der Waals surface area contributed by atoms with E-state index in [2.05, 4.69) is 15.0 Å². The maximum Gasteiger partial charge on any atom is 0.387 e. The van der Waals surface area contributed by atoms with Crippen molar-refractivity contribution in [1.82, 2.24) is 9.80 Å². The number of aryl methyl sites for hydroxylation is 1. The van der Waals surface area contributed by atoms with Crippen molar-refractivity contribution < 1.29 is 23.0 Å². The van der Waals surface area contributed by atoms with Crippen LogP contribution in [0, 0.1) is 12.8 Å². The molecule has 34 heavy (non-hydrogen) atoms. The molecule has 0 spiro atoms. The summed E-state index contributed by atoms with van der Waals surface area (Å²) in [6.45, 7) is 2.03. The summed E-state index contributed by atoms with van der Waals surface area (Å²) in [5, 5.41) is 3.07. The lowest BCUT2D eigenvalue weighted by Gasteiger charge is -2.39. The number of carbonyl (C=O) groups is 1. The first kappa shape index (κ1) is 24.3. The van der Waals surface area contributed by atoms with Crippen molar-refractivity contribution >= 4 is 11.7 Å². The minimum atomic E-state index is -2.84. The highest BCUT2D eigenvalue weighted by molar-refractivity contribution is 5.91. The van der Waals surface area contributed by atoms with Gasteiger partial charge >= 0.3 is 12.6 Å². The summed E-state index contributed by atoms with van der Waals surface area (Å²) >= 11 is 0. The molecule has 2 amide bonds. The van der Waals surface area contributed by atoms with E-state index in [1.54, 1.807) is 19.2 Å². The fraction of sp³-hybridized carbons (Fsp3) is 0.500. The minimum Gasteiger partial charge on any atom is -0.495 e. The Morgan fingerprint density at radius 3 is 2.53 bits per heavy atom. The van der Waals surface area contributed by atoms with Gasteiger partial charge in [-0.2, -0.15) is 8.78 Å². The van der Waals surface area contributed by atoms with Gasteiger partial charge in [0.15, 0.2) is 0 Å². The summed E-state index contributed by atoms with van der Waals surface area (Å²) in [6.07, 6.45) is 4.00. The fourth-order valence-corrected chi connectivity index (χ4v) is 4.56. The van der Waals surface area contributed by atoms with Gasteiger partial charge in [-0.05, 0) is 62.3 Å². The lowest BCUT2D eigenvalue weighted by Crippen LogP contribution is -2.49. The maximum atomic E-state index is 13.3. The predicted octanol–water partition coefficient (Wildman–Crippen LogP) is 5.51. The van der Waals surface area contributed by atoms with Gasteiger partial charge in [0.25, 0.3) is 0 Å². The number of benzene rings is 2. The summed E-state index contributed by atoms with van der Waals surface area (Å²) in [4.78, 5) is 17.6. The molecule has 1 saturated heterocycles. The quantitative estimate of drug-likeness (QED) is 0.522. The molecule has 1 aliphatic carbocycles. The van der Waals surface area contributed by atoms with Crippen LogP contribution in [0.25, 0.3) is 0 Å². The number of piperidine rings is 1. The highest BCUT2D eigenvalue weighted by Gasteiger charge is 2.33. The number of nitrogens with zero attached hydrogens (tertiary/aromatic N) is 2. The Labute approximate surface area is 199 Å². The van der Waals surface area contributed by atoms with E-state index >= 15 is 0 Å². The Balaban J connectivity index is 1.39. The van der Waals surface area contributed by atoms with Crippen LogP contribution in [0.4, 0.5) is 19.3 Å². The van der Waals surface area contributed by atoms with E-state index < -0.39 is 6.61 Å². The van der Waals surface area contributed by atoms with E-state index in [1.165, 1.54) is 0 Å². The van der Waals surface area contributed by atoms with E-state index in [1.807, 2.05) is 42.2 Å². The lowest BCUT2D eigenvalue weighted by atomic mass is 10.0. The molecule has 1 heterocycles. The molecule has 4 rings (SSSR count). The average Bonchev–Trinajstić information content (AvgIpc) is 3.63. The van der Waals surface area contributed by atoms with Crippen molar-refractivity contribution in [3.63, 3.8) is 0 Å². The van der Waals surface area contributed by atoms with Crippen molar-refractivity contribution in [3.05, 3.63) is 53.6 Å². The van der Waals surface area contributed by atoms with Gasteiger partial charge in [0.1, 0.15) is 11.5 Å². The van der Waals surface area contributed by atoms with Gasteiger partial charge in [-0.3, -0.25) is 4.90 Å². The summed E-state index contributed by atoms with van der Waals surface area (Å²) in [5.41, 5.74) is 2.48. The molecule has 0 unspecified atom stereocenters. The van der Waals surface area contributed by atoms with Gasteiger partial charge < -0.3 is 19.7 Å². The van der Waals surface area contributed by atoms with Crippen LogP contribution in [0.5, 0.6) is 11.5 Å². The zero-order valence-corrected chi connectivity index (χ0v) is 19.8. The van der Waals surface area contributed by atoms with Crippen molar-refractivity contribution in [1.29, 1.82) is 0 Å². The van der Waals surface area contributed by atoms with Crippen molar-refractivity contribution in [2.75, 3.05) is 32.1 Å². The van der Waals surface area contributed by atoms with E-state index in [9.17, 15) is 13.6 Å². The average molecular weight is 474 g/mol. The van der Waals surface area contributed by atoms with E-state index in [0.717, 1.165) is 56.4 Å². The fourth-order valence-electron chi connectivity index (χ4n) is 4.56. The monoisotopic (exact) mass is 473 g/mol. The number of methoxy groups -OCH3 is 1. The normalized spacial score (nSPS) is 17.0. The third kappa shape index (κ3) is 6.38. The first-order valence-electron chi connectivity index (χ1n) is 11.9. The molecule has 184 valence electrons. The second-order valence-electron chi connectivity index (χ2n) is 9.22. The molecule has 0 radical (unpaired) electrons. The number of alkyl halides is 2. The molecule has 2 aliphatic rings. The van der Waals surface area contributed by atoms with Gasteiger partial charge in [0.05, 0.1) is 12.8 Å². The predicted molar refractivity (Wildman–Crippen MR) is 128 cm³/mol. The highest BCUT2D eigenvalue weighted by Crippen LogP contribution is 2.33. The van der Waals surface area contributed by atoms with Gasteiger partial charge in [0, 0.05) is 37.8 Å². The third-order valence-electron chi connectivity index (χ3n) is 6.59. The molecule has 1 N–H and O–H groups in total. The summed E-state index contributed by atoms with van der Waals surface area (Å²) in [6, 6.07) is 12.7. The van der Waals surface area contributed by atoms with E-state index in [0.29, 0.717) is 23.9 Å². The number of likely N-dealkylation sites (tertiary alicyclic amines) is 1. The Kier molecular flexibility index (Phi) is 7.88. The first-order chi connectivity index (χ1) is 16.4. The molecular weight excluding hydrogens is 440 g/mol. The Morgan fingerprint density at radius 1 is 1.12 bits per heavy atom. The SMILES string of the molecule is COc1ccc(C)cc1NC(=O)N(CC1CC1)C1CCN(Cc2ccccc2OC(F)F)CC1. The van der Waals surface area contributed by atoms with Crippen LogP contribution in [0.15, 0.2) is 42.5 Å². The van der Waals surface area contributed by atoms with Crippen LogP contribution in [-0.2, 0) is 6.54 Å². The number of halogens is 2. The Hall–Kier alpha value is -2.87. The van der Waals surface area contributed by atoms with E-state index in [4.69, 9.17) is 4.74 Å². The van der Waals surface area contributed by atoms with Crippen LogP contribution in [-0.4, -0.2) is 55.2 Å². The zero-order chi connectivity index (χ0) is 24.1. The third-order valence-corrected chi connectivity index (χ3v) is 6.59. The second kappa shape index (κ2) is 11.0. The van der Waals surface area contributed by atoms with Crippen molar-refractivity contribution in [2.45, 2.75) is 51.8 Å². The Bertz CT molecular complexity index is 976. The number of hydrogen-bond acceptors (Lipinski definition) is 4. The molecule has 0 atom stereocenters. The summed E-state index contributed by atoms with van der Waals surface area (Å²) in [7, 11) is 1.60. The number of nitrogens with one attached hydrogen (secondary N) is 1. The first-order valence-corrected chi connectivity index (χ1v) is 11.9. The Morgan fingerprint density at radius 2 is 1.85 bits per heavy atom. The van der Waals surface area contributed by atoms with Crippen LogP contribution in [0.1, 0.15) is 36.8 Å². The number of urea groups is 1. The lowest BCUT2D eigenvalue weighted by molar-refractivity contribution is -0.0508. The van der Waals surface area contributed by atoms with Crippen LogP contribution in [0.2, 0.25) is 0 Å². The largest absolute Gasteiger partial charge is 0.495 e. The van der Waals surface area contributed by atoms with Gasteiger partial charge in [-0.1, -0.05) is 24.3 Å². The van der Waals surface area contributed by atoms with Gasteiger partial charge in [-0.25, -0.2) is 4.79 Å². The number of rotatable bonds is 9. The topological polar surface area (TPSA) is 54.0 Å². The number of carbonyl (C=O) groups excluding carboxylic acids is 1. The number of amides is 2. The molecular formula is C26H33F2N3O3. The molecule has 1 aliphatic heterocycles. The molecule has 2 fully saturated rings. The van der Waals surface area contributed by atoms with Gasteiger partial charge in [0.2, 0.25) is 0 Å². The van der Waals surface area contributed by atoms with Crippen molar-refractivity contribution in [3.8, 4) is 11.5 Å². The molecule has 2 aromatic carbocycles. The molecule has 0 aromatic heterocycles. The molecule has 1 saturated carbocycles. The number of hydrogen-bond donors (Lipinski definition) is 1. The number of ether oxygens (including phenoxy) is 2. The second-order valence-corrected chi connectivity index (χ2v) is 9.22. The molecule has 0 bridgehead atoms. The standard InChI is InChI=1S/C26H33F2N3O3/c1-18-7-10-24(33-2)22(15-18)29-26(32)31(16-19-8-9-19)21-11-13-30(14-12-21)17-20-5-3-4-6-23(20)34-25(27)28/h3-7,10,15,19,21,25H,8-9,11-14,16-17H2,1-2H3,(H,29,32). The highest BCUT2D eigenvalue weighted by atomic mass is 19.3. The number of para-hydroxylation sites is 1. The summed E-state index contributed by atoms with van der Waals surface area (Å²) < 4.78 is 35.6. The summed E-state index contributed by atoms with van der Waals surface area (Å²) in [5.74, 6) is 1.44. The van der Waals surface area contributed by atoms with Crippen LogP contribution < -0.4 is 14.8 Å². The minimum absolute atomic E-state index is 0.0927. The van der Waals surface area contributed by atoms with E-state index in [-0.39, 0.29) is 17.8 Å². The number of anilines is 1. The van der Waals surface area contributed by atoms with Crippen molar-refractivity contribution in [2.24, 2.45) is 5.92 Å². The zero-order valence-electron chi connectivity index (χ0n) is 19.8. The van der Waals surface area contributed by atoms with Crippen LogP contribution >= 0.6 is 0 Å². The smallest absolute Gasteiger partial charge is 0.387 e. The molecule has 2 aromatic rings.